The Balaban J connectivity index is 1.48. The number of ether oxygens (including phenoxy) is 3. The predicted octanol–water partition coefficient (Wildman–Crippen LogP) is 4.27. The van der Waals surface area contributed by atoms with E-state index in [1.807, 2.05) is 24.3 Å². The van der Waals surface area contributed by atoms with Crippen molar-refractivity contribution in [1.82, 2.24) is 5.32 Å². The molecule has 0 radical (unpaired) electrons. The van der Waals surface area contributed by atoms with Crippen molar-refractivity contribution in [3.05, 3.63) is 53.6 Å². The minimum atomic E-state index is 0.0261. The molecule has 0 aromatic heterocycles. The van der Waals surface area contributed by atoms with Crippen molar-refractivity contribution in [2.45, 2.75) is 51.0 Å². The van der Waals surface area contributed by atoms with E-state index >= 15 is 0 Å². The number of benzene rings is 2. The molecule has 2 aromatic rings. The second kappa shape index (κ2) is 9.21. The van der Waals surface area contributed by atoms with Crippen molar-refractivity contribution in [3.63, 3.8) is 0 Å². The molecule has 0 bridgehead atoms. The first-order valence-corrected chi connectivity index (χ1v) is 10.5. The molecule has 2 aliphatic rings. The zero-order valence-corrected chi connectivity index (χ0v) is 17.0. The molecule has 5 nitrogen and oxygen atoms in total. The van der Waals surface area contributed by atoms with Gasteiger partial charge in [0.25, 0.3) is 0 Å². The van der Waals surface area contributed by atoms with Crippen molar-refractivity contribution in [1.29, 1.82) is 0 Å². The Bertz CT molecular complexity index is 827. The van der Waals surface area contributed by atoms with Crippen LogP contribution in [-0.2, 0) is 17.6 Å². The Morgan fingerprint density at radius 1 is 1.00 bits per heavy atom. The van der Waals surface area contributed by atoms with Crippen LogP contribution < -0.4 is 19.5 Å². The van der Waals surface area contributed by atoms with Crippen LogP contribution in [0, 0.1) is 5.92 Å². The smallest absolute Gasteiger partial charge is 0.231 e. The average molecular weight is 395 g/mol. The first-order chi connectivity index (χ1) is 14.2. The van der Waals surface area contributed by atoms with Crippen LogP contribution in [0.5, 0.6) is 17.2 Å². The van der Waals surface area contributed by atoms with E-state index in [4.69, 9.17) is 14.2 Å². The van der Waals surface area contributed by atoms with E-state index < -0.39 is 0 Å². The lowest BCUT2D eigenvalue weighted by Crippen LogP contribution is -2.42. The van der Waals surface area contributed by atoms with Crippen LogP contribution >= 0.6 is 0 Å². The van der Waals surface area contributed by atoms with Crippen LogP contribution in [0.3, 0.4) is 0 Å². The molecular weight excluding hydrogens is 366 g/mol. The number of hydrogen-bond donors (Lipinski definition) is 1. The molecule has 1 fully saturated rings. The zero-order chi connectivity index (χ0) is 20.1. The maximum absolute atomic E-state index is 12.9. The SMILES string of the molecule is COc1ccc(C[C@H](Cc2ccc3c(c2)OCO3)NC(=O)C2CCCCC2)cc1. The van der Waals surface area contributed by atoms with E-state index in [0.29, 0.717) is 0 Å². The molecule has 1 aliphatic carbocycles. The Labute approximate surface area is 172 Å². The minimum Gasteiger partial charge on any atom is -0.497 e. The summed E-state index contributed by atoms with van der Waals surface area (Å²) in [6, 6.07) is 14.1. The van der Waals surface area contributed by atoms with Crippen molar-refractivity contribution in [2.75, 3.05) is 13.9 Å². The van der Waals surface area contributed by atoms with E-state index in [1.54, 1.807) is 7.11 Å². The van der Waals surface area contributed by atoms with Crippen LogP contribution in [-0.4, -0.2) is 25.9 Å². The number of methoxy groups -OCH3 is 1. The number of carbonyl (C=O) groups is 1. The number of fused-ring (bicyclic) bond motifs is 1. The Kier molecular flexibility index (Phi) is 6.23. The predicted molar refractivity (Wildman–Crippen MR) is 111 cm³/mol. The highest BCUT2D eigenvalue weighted by molar-refractivity contribution is 5.79. The fourth-order valence-corrected chi connectivity index (χ4v) is 4.26. The third-order valence-corrected chi connectivity index (χ3v) is 5.88. The lowest BCUT2D eigenvalue weighted by atomic mass is 9.88. The van der Waals surface area contributed by atoms with Crippen LogP contribution in [0.2, 0.25) is 0 Å². The Morgan fingerprint density at radius 3 is 2.45 bits per heavy atom. The van der Waals surface area contributed by atoms with Gasteiger partial charge in [0.05, 0.1) is 7.11 Å². The van der Waals surface area contributed by atoms with Crippen LogP contribution in [0.4, 0.5) is 0 Å². The number of rotatable bonds is 7. The standard InChI is InChI=1S/C24H29NO4/c1-27-21-10-7-17(8-11-21)13-20(25-24(26)19-5-3-2-4-6-19)14-18-9-12-22-23(15-18)29-16-28-22/h7-12,15,19-20H,2-6,13-14,16H2,1H3,(H,25,26)/t20-/m1/s1. The molecule has 2 aromatic carbocycles. The maximum Gasteiger partial charge on any atom is 0.231 e. The first kappa shape index (κ1) is 19.6. The Morgan fingerprint density at radius 2 is 1.69 bits per heavy atom. The van der Waals surface area contributed by atoms with E-state index in [0.717, 1.165) is 61.3 Å². The quantitative estimate of drug-likeness (QED) is 0.760. The summed E-state index contributed by atoms with van der Waals surface area (Å²) in [6.07, 6.45) is 7.09. The van der Waals surface area contributed by atoms with E-state index in [9.17, 15) is 4.79 Å². The van der Waals surface area contributed by atoms with Gasteiger partial charge in [0.15, 0.2) is 11.5 Å². The van der Waals surface area contributed by atoms with Gasteiger partial charge in [-0.2, -0.15) is 0 Å². The van der Waals surface area contributed by atoms with Crippen molar-refractivity contribution in [2.24, 2.45) is 5.92 Å². The van der Waals surface area contributed by atoms with Gasteiger partial charge in [0.1, 0.15) is 5.75 Å². The summed E-state index contributed by atoms with van der Waals surface area (Å²) < 4.78 is 16.2. The lowest BCUT2D eigenvalue weighted by molar-refractivity contribution is -0.126. The summed E-state index contributed by atoms with van der Waals surface area (Å²) in [5.41, 5.74) is 2.32. The van der Waals surface area contributed by atoms with Crippen molar-refractivity contribution >= 4 is 5.91 Å². The summed E-state index contributed by atoms with van der Waals surface area (Å²) >= 11 is 0. The highest BCUT2D eigenvalue weighted by Crippen LogP contribution is 2.33. The second-order valence-corrected chi connectivity index (χ2v) is 7.98. The van der Waals surface area contributed by atoms with Gasteiger partial charge in [-0.15, -0.1) is 0 Å². The summed E-state index contributed by atoms with van der Waals surface area (Å²) in [5, 5.41) is 3.34. The third kappa shape index (κ3) is 5.03. The highest BCUT2D eigenvalue weighted by atomic mass is 16.7. The topological polar surface area (TPSA) is 56.8 Å². The number of carbonyl (C=O) groups excluding carboxylic acids is 1. The third-order valence-electron chi connectivity index (χ3n) is 5.88. The molecule has 1 aliphatic heterocycles. The molecule has 1 heterocycles. The van der Waals surface area contributed by atoms with Gasteiger partial charge < -0.3 is 19.5 Å². The van der Waals surface area contributed by atoms with Gasteiger partial charge >= 0.3 is 0 Å². The van der Waals surface area contributed by atoms with Gasteiger partial charge in [-0.25, -0.2) is 0 Å². The van der Waals surface area contributed by atoms with Crippen LogP contribution in [0.25, 0.3) is 0 Å². The molecule has 1 amide bonds. The maximum atomic E-state index is 12.9. The Hall–Kier alpha value is -2.69. The molecule has 1 N–H and O–H groups in total. The van der Waals surface area contributed by atoms with Crippen LogP contribution in [0.15, 0.2) is 42.5 Å². The fraction of sp³-hybridized carbons (Fsp3) is 0.458. The monoisotopic (exact) mass is 395 g/mol. The van der Waals surface area contributed by atoms with E-state index in [1.165, 1.54) is 12.0 Å². The van der Waals surface area contributed by atoms with Crippen LogP contribution in [0.1, 0.15) is 43.2 Å². The highest BCUT2D eigenvalue weighted by Gasteiger charge is 2.24. The fourth-order valence-electron chi connectivity index (χ4n) is 4.26. The van der Waals surface area contributed by atoms with E-state index in [-0.39, 0.29) is 24.7 Å². The van der Waals surface area contributed by atoms with E-state index in [2.05, 4.69) is 23.5 Å². The summed E-state index contributed by atoms with van der Waals surface area (Å²) in [7, 11) is 1.67. The molecule has 29 heavy (non-hydrogen) atoms. The first-order valence-electron chi connectivity index (χ1n) is 10.5. The summed E-state index contributed by atoms with van der Waals surface area (Å²) in [5.74, 6) is 2.76. The summed E-state index contributed by atoms with van der Waals surface area (Å²) in [4.78, 5) is 12.9. The number of amides is 1. The van der Waals surface area contributed by atoms with Crippen molar-refractivity contribution in [3.8, 4) is 17.2 Å². The van der Waals surface area contributed by atoms with Gasteiger partial charge in [0.2, 0.25) is 12.7 Å². The molecule has 4 rings (SSSR count). The molecule has 154 valence electrons. The molecule has 5 heteroatoms. The molecule has 1 atom stereocenters. The zero-order valence-electron chi connectivity index (χ0n) is 17.0. The van der Waals surface area contributed by atoms with Gasteiger partial charge in [-0.3, -0.25) is 4.79 Å². The molecule has 0 spiro atoms. The minimum absolute atomic E-state index is 0.0261. The molecular formula is C24H29NO4. The number of hydrogen-bond acceptors (Lipinski definition) is 4. The average Bonchev–Trinajstić information content (AvgIpc) is 3.23. The van der Waals surface area contributed by atoms with Crippen molar-refractivity contribution < 1.29 is 19.0 Å². The molecule has 0 unspecified atom stereocenters. The molecule has 1 saturated carbocycles. The largest absolute Gasteiger partial charge is 0.497 e. The molecule has 0 saturated heterocycles. The van der Waals surface area contributed by atoms with Gasteiger partial charge in [-0.1, -0.05) is 37.5 Å². The lowest BCUT2D eigenvalue weighted by Gasteiger charge is -2.25. The number of nitrogens with one attached hydrogen (secondary N) is 1. The van der Waals surface area contributed by atoms with Gasteiger partial charge in [0, 0.05) is 12.0 Å². The normalized spacial score (nSPS) is 17.0. The second-order valence-electron chi connectivity index (χ2n) is 7.98. The summed E-state index contributed by atoms with van der Waals surface area (Å²) in [6.45, 7) is 0.270. The van der Waals surface area contributed by atoms with Gasteiger partial charge in [-0.05, 0) is 61.1 Å².